The molecule has 0 fully saturated rings. The topological polar surface area (TPSA) is 42.7 Å². The second kappa shape index (κ2) is 6.28. The van der Waals surface area contributed by atoms with Crippen LogP contribution in [0, 0.1) is 0 Å². The quantitative estimate of drug-likeness (QED) is 0.922. The van der Waals surface area contributed by atoms with Gasteiger partial charge in [-0.15, -0.1) is 16.4 Å². The van der Waals surface area contributed by atoms with E-state index in [9.17, 15) is 0 Å². The van der Waals surface area contributed by atoms with Gasteiger partial charge in [0.05, 0.1) is 17.9 Å². The average molecular weight is 308 g/mol. The summed E-state index contributed by atoms with van der Waals surface area (Å²) in [5.41, 5.74) is 2.67. The molecular formula is C14H20N4S2. The summed E-state index contributed by atoms with van der Waals surface area (Å²) < 4.78 is 1.88. The van der Waals surface area contributed by atoms with Gasteiger partial charge in [-0.05, 0) is 36.8 Å². The lowest BCUT2D eigenvalue weighted by atomic mass is 10.1. The van der Waals surface area contributed by atoms with Crippen molar-refractivity contribution in [3.05, 3.63) is 33.3 Å². The lowest BCUT2D eigenvalue weighted by Gasteiger charge is -2.16. The van der Waals surface area contributed by atoms with Gasteiger partial charge >= 0.3 is 0 Å². The summed E-state index contributed by atoms with van der Waals surface area (Å²) in [6.45, 7) is 3.20. The minimum absolute atomic E-state index is 0.218. The minimum atomic E-state index is 0.218. The Kier molecular flexibility index (Phi) is 4.43. The summed E-state index contributed by atoms with van der Waals surface area (Å²) in [5.74, 6) is 2.42. The summed E-state index contributed by atoms with van der Waals surface area (Å²) in [6, 6.07) is 2.60. The predicted molar refractivity (Wildman–Crippen MR) is 85.3 cm³/mol. The first-order chi connectivity index (χ1) is 9.79. The normalized spacial score (nSPS) is 16.1. The molecule has 0 aliphatic carbocycles. The fourth-order valence-corrected chi connectivity index (χ4v) is 4.98. The van der Waals surface area contributed by atoms with Gasteiger partial charge in [0.1, 0.15) is 0 Å². The van der Waals surface area contributed by atoms with Crippen molar-refractivity contribution in [1.29, 1.82) is 0 Å². The van der Waals surface area contributed by atoms with Gasteiger partial charge in [0.2, 0.25) is 0 Å². The van der Waals surface area contributed by atoms with Crippen molar-refractivity contribution in [2.45, 2.75) is 31.6 Å². The van der Waals surface area contributed by atoms with E-state index in [0.717, 1.165) is 24.4 Å². The number of aryl methyl sites for hydroxylation is 2. The van der Waals surface area contributed by atoms with Crippen molar-refractivity contribution < 1.29 is 0 Å². The van der Waals surface area contributed by atoms with Crippen LogP contribution < -0.4 is 5.32 Å². The van der Waals surface area contributed by atoms with Gasteiger partial charge in [0, 0.05) is 22.6 Å². The van der Waals surface area contributed by atoms with Crippen LogP contribution in [0.1, 0.15) is 40.4 Å². The first-order valence-corrected chi connectivity index (χ1v) is 9.04. The predicted octanol–water partition coefficient (Wildman–Crippen LogP) is 2.75. The van der Waals surface area contributed by atoms with E-state index < -0.39 is 0 Å². The molecule has 1 atom stereocenters. The molecule has 0 amide bonds. The fraction of sp³-hybridized carbons (Fsp3) is 0.571. The lowest BCUT2D eigenvalue weighted by Crippen LogP contribution is -2.24. The summed E-state index contributed by atoms with van der Waals surface area (Å²) in [7, 11) is 1.96. The number of thioether (sulfide) groups is 1. The van der Waals surface area contributed by atoms with Crippen LogP contribution in [-0.4, -0.2) is 27.3 Å². The maximum Gasteiger partial charge on any atom is 0.0858 e. The number of hydrogen-bond acceptors (Lipinski definition) is 5. The van der Waals surface area contributed by atoms with Gasteiger partial charge in [-0.2, -0.15) is 11.8 Å². The highest BCUT2D eigenvalue weighted by Gasteiger charge is 2.22. The van der Waals surface area contributed by atoms with Crippen molar-refractivity contribution in [2.75, 3.05) is 12.3 Å². The molecule has 20 heavy (non-hydrogen) atoms. The van der Waals surface area contributed by atoms with E-state index in [1.165, 1.54) is 22.6 Å². The van der Waals surface area contributed by atoms with Gasteiger partial charge in [-0.3, -0.25) is 4.68 Å². The Morgan fingerprint density at radius 3 is 3.10 bits per heavy atom. The highest BCUT2D eigenvalue weighted by Crippen LogP contribution is 2.36. The molecule has 108 valence electrons. The fourth-order valence-electron chi connectivity index (χ4n) is 2.51. The summed E-state index contributed by atoms with van der Waals surface area (Å²) in [6.07, 6.45) is 4.22. The monoisotopic (exact) mass is 308 g/mol. The Hall–Kier alpha value is -0.850. The van der Waals surface area contributed by atoms with E-state index in [1.807, 2.05) is 41.0 Å². The molecule has 1 aliphatic heterocycles. The number of nitrogens with one attached hydrogen (secondary N) is 1. The summed E-state index contributed by atoms with van der Waals surface area (Å²) >= 11 is 3.99. The summed E-state index contributed by atoms with van der Waals surface area (Å²) in [5, 5.41) is 11.8. The molecule has 1 N–H and O–H groups in total. The molecule has 3 heterocycles. The van der Waals surface area contributed by atoms with E-state index in [4.69, 9.17) is 0 Å². The molecule has 2 aromatic heterocycles. The van der Waals surface area contributed by atoms with Crippen LogP contribution in [-0.2, 0) is 19.2 Å². The Balaban J connectivity index is 1.92. The maximum atomic E-state index is 4.08. The van der Waals surface area contributed by atoms with Gasteiger partial charge in [-0.1, -0.05) is 12.1 Å². The highest BCUT2D eigenvalue weighted by molar-refractivity contribution is 7.98. The maximum absolute atomic E-state index is 4.08. The smallest absolute Gasteiger partial charge is 0.0858 e. The molecule has 0 saturated heterocycles. The highest BCUT2D eigenvalue weighted by atomic mass is 32.2. The first-order valence-electron chi connectivity index (χ1n) is 7.06. The van der Waals surface area contributed by atoms with Crippen LogP contribution in [0.5, 0.6) is 0 Å². The first kappa shape index (κ1) is 14.1. The third-order valence-corrected chi connectivity index (χ3v) is 5.88. The number of thiophene rings is 1. The van der Waals surface area contributed by atoms with E-state index >= 15 is 0 Å². The molecule has 3 rings (SSSR count). The number of hydrogen-bond donors (Lipinski definition) is 1. The van der Waals surface area contributed by atoms with Crippen LogP contribution >= 0.6 is 23.1 Å². The molecule has 0 radical (unpaired) electrons. The third-order valence-electron chi connectivity index (χ3n) is 3.57. The molecule has 1 unspecified atom stereocenters. The van der Waals surface area contributed by atoms with E-state index in [0.29, 0.717) is 0 Å². The van der Waals surface area contributed by atoms with Gasteiger partial charge < -0.3 is 5.32 Å². The number of rotatable bonds is 5. The van der Waals surface area contributed by atoms with Crippen LogP contribution in [0.2, 0.25) is 0 Å². The second-order valence-electron chi connectivity index (χ2n) is 5.07. The molecular weight excluding hydrogens is 288 g/mol. The Bertz CT molecular complexity index is 552. The minimum Gasteiger partial charge on any atom is -0.304 e. The van der Waals surface area contributed by atoms with E-state index in [-0.39, 0.29) is 6.04 Å². The summed E-state index contributed by atoms with van der Waals surface area (Å²) in [4.78, 5) is 2.97. The molecule has 0 spiro atoms. The number of aromatic nitrogens is 3. The van der Waals surface area contributed by atoms with Gasteiger partial charge in [-0.25, -0.2) is 0 Å². The Morgan fingerprint density at radius 1 is 1.50 bits per heavy atom. The van der Waals surface area contributed by atoms with Crippen molar-refractivity contribution in [1.82, 2.24) is 20.3 Å². The van der Waals surface area contributed by atoms with Crippen LogP contribution in [0.25, 0.3) is 0 Å². The number of nitrogens with zero attached hydrogens (tertiary/aromatic N) is 3. The lowest BCUT2D eigenvalue weighted by molar-refractivity contribution is 0.556. The second-order valence-corrected chi connectivity index (χ2v) is 7.34. The SMILES string of the molecule is CCCNC(c1cc2c(s1)CCSC2)c1cnnn1C. The van der Waals surface area contributed by atoms with Gasteiger partial charge in [0.25, 0.3) is 0 Å². The van der Waals surface area contributed by atoms with Crippen LogP contribution in [0.4, 0.5) is 0 Å². The van der Waals surface area contributed by atoms with Crippen molar-refractivity contribution in [3.8, 4) is 0 Å². The average Bonchev–Trinajstić information content (AvgIpc) is 3.06. The van der Waals surface area contributed by atoms with E-state index in [1.54, 1.807) is 4.88 Å². The molecule has 6 heteroatoms. The largest absolute Gasteiger partial charge is 0.304 e. The number of fused-ring (bicyclic) bond motifs is 1. The molecule has 0 aromatic carbocycles. The van der Waals surface area contributed by atoms with Crippen LogP contribution in [0.3, 0.4) is 0 Å². The molecule has 1 aliphatic rings. The Morgan fingerprint density at radius 2 is 2.40 bits per heavy atom. The van der Waals surface area contributed by atoms with Crippen LogP contribution in [0.15, 0.2) is 12.3 Å². The van der Waals surface area contributed by atoms with Crippen molar-refractivity contribution >= 4 is 23.1 Å². The standard InChI is InChI=1S/C14H20N4S2/c1-3-5-15-14(11-8-16-17-18(11)2)13-7-10-9-19-6-4-12(10)20-13/h7-8,14-15H,3-6,9H2,1-2H3. The molecule has 0 saturated carbocycles. The molecule has 0 bridgehead atoms. The Labute approximate surface area is 128 Å². The third kappa shape index (κ3) is 2.77. The zero-order valence-electron chi connectivity index (χ0n) is 11.9. The van der Waals surface area contributed by atoms with Crippen molar-refractivity contribution in [3.63, 3.8) is 0 Å². The van der Waals surface area contributed by atoms with Crippen molar-refractivity contribution in [2.24, 2.45) is 7.05 Å². The molecule has 2 aromatic rings. The van der Waals surface area contributed by atoms with E-state index in [2.05, 4.69) is 28.6 Å². The zero-order valence-corrected chi connectivity index (χ0v) is 13.6. The van der Waals surface area contributed by atoms with Gasteiger partial charge in [0.15, 0.2) is 0 Å². The zero-order chi connectivity index (χ0) is 13.9. The molecule has 4 nitrogen and oxygen atoms in total.